The normalized spacial score (nSPS) is 18.6. The Morgan fingerprint density at radius 1 is 0.744 bits per heavy atom. The van der Waals surface area contributed by atoms with Crippen molar-refractivity contribution in [3.05, 3.63) is 71.8 Å². The van der Waals surface area contributed by atoms with Gasteiger partial charge in [0.15, 0.2) is 0 Å². The highest BCUT2D eigenvalue weighted by Gasteiger charge is 2.49. The van der Waals surface area contributed by atoms with Crippen LogP contribution in [0.3, 0.4) is 0 Å². The topological polar surface area (TPSA) is 66.9 Å². The number of nitrogens with zero attached hydrogens (tertiary/aromatic N) is 2. The van der Waals surface area contributed by atoms with Crippen LogP contribution in [0.4, 0.5) is 39.5 Å². The molecule has 214 valence electrons. The number of hydrogen-bond donors (Lipinski definition) is 0. The van der Waals surface area contributed by atoms with Gasteiger partial charge in [0.1, 0.15) is 0 Å². The van der Waals surface area contributed by atoms with Gasteiger partial charge in [-0.25, -0.2) is 9.59 Å². The smallest absolute Gasteiger partial charge is 0.380 e. The Morgan fingerprint density at radius 2 is 1.21 bits per heavy atom. The Hall–Kier alpha value is -3.62. The molecule has 0 aliphatic carbocycles. The minimum atomic E-state index is -5.62. The average Bonchev–Trinajstić information content (AvgIpc) is 2.84. The second-order valence-corrected chi connectivity index (χ2v) is 8.32. The van der Waals surface area contributed by atoms with Crippen LogP contribution in [0.1, 0.15) is 24.1 Å². The largest absolute Gasteiger partial charge is 0.491 e. The van der Waals surface area contributed by atoms with E-state index in [0.717, 1.165) is 16.0 Å². The third-order valence-corrected chi connectivity index (χ3v) is 5.43. The fourth-order valence-corrected chi connectivity index (χ4v) is 3.61. The number of hydrogen-bond acceptors (Lipinski definition) is 5. The highest BCUT2D eigenvalue weighted by molar-refractivity contribution is 5.90. The van der Waals surface area contributed by atoms with Crippen LogP contribution in [-0.4, -0.2) is 65.3 Å². The molecule has 1 fully saturated rings. The minimum Gasteiger partial charge on any atom is -0.380 e. The van der Waals surface area contributed by atoms with Crippen LogP contribution in [0.5, 0.6) is 0 Å². The lowest BCUT2D eigenvalue weighted by atomic mass is 9.98. The molecule has 1 amide bonds. The Labute approximate surface area is 215 Å². The predicted octanol–water partition coefficient (Wildman–Crippen LogP) is 5.20. The summed E-state index contributed by atoms with van der Waals surface area (Å²) in [5.74, 6) is -8.16. The number of esters is 2. The van der Waals surface area contributed by atoms with Crippen molar-refractivity contribution >= 4 is 17.8 Å². The maximum atomic E-state index is 13.1. The molecule has 1 aliphatic rings. The molecule has 0 bridgehead atoms. The van der Waals surface area contributed by atoms with Gasteiger partial charge in [0, 0.05) is 25.7 Å². The first-order chi connectivity index (χ1) is 17.9. The maximum Gasteiger partial charge on any atom is 0.491 e. The molecule has 0 aromatic heterocycles. The van der Waals surface area contributed by atoms with Gasteiger partial charge in [-0.05, 0) is 18.1 Å². The number of ether oxygens (including phenoxy) is 1. The highest BCUT2D eigenvalue weighted by atomic mass is 19.4. The van der Waals surface area contributed by atoms with Gasteiger partial charge in [0.2, 0.25) is 0 Å². The zero-order valence-corrected chi connectivity index (χ0v) is 20.0. The van der Waals surface area contributed by atoms with Crippen LogP contribution < -0.4 is 0 Å². The van der Waals surface area contributed by atoms with Gasteiger partial charge in [-0.15, -0.1) is 0 Å². The van der Waals surface area contributed by atoms with Crippen molar-refractivity contribution in [2.24, 2.45) is 0 Å². The van der Waals surface area contributed by atoms with E-state index >= 15 is 0 Å². The first kappa shape index (κ1) is 31.6. The fourth-order valence-electron chi connectivity index (χ4n) is 3.61. The van der Waals surface area contributed by atoms with Crippen molar-refractivity contribution < 1.29 is 58.6 Å². The summed E-state index contributed by atoms with van der Waals surface area (Å²) in [5, 5.41) is 0. The summed E-state index contributed by atoms with van der Waals surface area (Å²) < 4.78 is 109. The van der Waals surface area contributed by atoms with Gasteiger partial charge in [-0.1, -0.05) is 60.7 Å². The number of halogens is 9. The van der Waals surface area contributed by atoms with Gasteiger partial charge in [-0.2, -0.15) is 39.5 Å². The number of rotatable bonds is 3. The minimum absolute atomic E-state index is 0.0464. The van der Waals surface area contributed by atoms with E-state index in [2.05, 4.69) is 9.64 Å². The van der Waals surface area contributed by atoms with E-state index in [0.29, 0.717) is 13.1 Å². The Bertz CT molecular complexity index is 1100. The molecule has 0 unspecified atom stereocenters. The van der Waals surface area contributed by atoms with Crippen molar-refractivity contribution in [1.29, 1.82) is 0 Å². The molecule has 0 N–H and O–H groups in total. The summed E-state index contributed by atoms with van der Waals surface area (Å²) in [4.78, 5) is 34.4. The van der Waals surface area contributed by atoms with Crippen LogP contribution in [0.2, 0.25) is 0 Å². The van der Waals surface area contributed by atoms with Crippen LogP contribution in [0.25, 0.3) is 0 Å². The highest BCUT2D eigenvalue weighted by Crippen LogP contribution is 2.32. The Balaban J connectivity index is 0.000000349. The van der Waals surface area contributed by atoms with Crippen molar-refractivity contribution in [3.8, 4) is 0 Å². The zero-order chi connectivity index (χ0) is 29.6. The lowest BCUT2D eigenvalue weighted by Gasteiger charge is -2.45. The molecule has 3 rings (SSSR count). The van der Waals surface area contributed by atoms with Gasteiger partial charge >= 0.3 is 36.4 Å². The first-order valence-corrected chi connectivity index (χ1v) is 11.0. The molecule has 2 aromatic carbocycles. The molecule has 2 aromatic rings. The lowest BCUT2D eigenvalue weighted by Crippen LogP contribution is -2.57. The van der Waals surface area contributed by atoms with Crippen LogP contribution in [0, 0.1) is 0 Å². The van der Waals surface area contributed by atoms with Gasteiger partial charge in [-0.3, -0.25) is 9.69 Å². The molecule has 2 atom stereocenters. The van der Waals surface area contributed by atoms with Crippen molar-refractivity contribution in [1.82, 2.24) is 9.80 Å². The zero-order valence-electron chi connectivity index (χ0n) is 20.0. The van der Waals surface area contributed by atoms with Gasteiger partial charge < -0.3 is 9.64 Å². The van der Waals surface area contributed by atoms with E-state index in [9.17, 15) is 53.9 Å². The third-order valence-electron chi connectivity index (χ3n) is 5.43. The third kappa shape index (κ3) is 9.26. The van der Waals surface area contributed by atoms with E-state index in [1.54, 1.807) is 24.3 Å². The monoisotopic (exact) mass is 572 g/mol. The number of benzene rings is 2. The number of piperazine rings is 1. The lowest BCUT2D eigenvalue weighted by molar-refractivity contribution is -0.221. The first-order valence-electron chi connectivity index (χ1n) is 11.0. The molecule has 1 saturated heterocycles. The second kappa shape index (κ2) is 12.5. The maximum absolute atomic E-state index is 13.1. The van der Waals surface area contributed by atoms with Crippen molar-refractivity contribution in [2.45, 2.75) is 44.1 Å². The fraction of sp³-hybridized carbons (Fsp3) is 0.375. The SMILES string of the molecule is C[C@@H]1CN(C(=O)C(F)(F)F)[C@@H](c2ccccc2)CN1Cc1ccccc1.O=C(OC(=O)C(F)(F)F)C(F)(F)F. The average molecular weight is 572 g/mol. The van der Waals surface area contributed by atoms with Gasteiger partial charge in [0.05, 0.1) is 6.04 Å². The summed E-state index contributed by atoms with van der Waals surface area (Å²) >= 11 is 0. The van der Waals surface area contributed by atoms with Gasteiger partial charge in [0.25, 0.3) is 0 Å². The van der Waals surface area contributed by atoms with Crippen LogP contribution in [-0.2, 0) is 25.7 Å². The van der Waals surface area contributed by atoms with E-state index in [-0.39, 0.29) is 12.6 Å². The Kier molecular flexibility index (Phi) is 10.1. The molecule has 39 heavy (non-hydrogen) atoms. The molecular formula is C24H21F9N2O4. The molecule has 1 aliphatic heterocycles. The molecule has 6 nitrogen and oxygen atoms in total. The summed E-state index contributed by atoms with van der Waals surface area (Å²) in [6.07, 6.45) is -16.1. The van der Waals surface area contributed by atoms with E-state index < -0.39 is 42.4 Å². The van der Waals surface area contributed by atoms with E-state index in [1.165, 1.54) is 0 Å². The molecule has 1 heterocycles. The molecule has 0 radical (unpaired) electrons. The number of amides is 1. The summed E-state index contributed by atoms with van der Waals surface area (Å²) in [5.41, 5.74) is 1.82. The van der Waals surface area contributed by atoms with Crippen molar-refractivity contribution in [2.75, 3.05) is 13.1 Å². The summed E-state index contributed by atoms with van der Waals surface area (Å²) in [6.45, 7) is 2.91. The standard InChI is InChI=1S/C20H21F3N2O.C4F6O3/c1-15-12-25(19(26)20(21,22)23)18(17-10-6-3-7-11-17)14-24(15)13-16-8-4-2-5-9-16;5-3(6,7)1(11)13-2(12)4(8,9)10/h2-11,15,18H,12-14H2,1H3;/t15-,18-;/m1./s1. The summed E-state index contributed by atoms with van der Waals surface area (Å²) in [7, 11) is 0. The number of carbonyl (C=O) groups excluding carboxylic acids is 3. The molecule has 0 spiro atoms. The molecule has 0 saturated carbocycles. The van der Waals surface area contributed by atoms with E-state index in [1.807, 2.05) is 43.3 Å². The second-order valence-electron chi connectivity index (χ2n) is 8.32. The predicted molar refractivity (Wildman–Crippen MR) is 116 cm³/mol. The molecular weight excluding hydrogens is 551 g/mol. The molecule has 15 heteroatoms. The Morgan fingerprint density at radius 3 is 1.64 bits per heavy atom. The van der Waals surface area contributed by atoms with Crippen LogP contribution >= 0.6 is 0 Å². The van der Waals surface area contributed by atoms with Crippen LogP contribution in [0.15, 0.2) is 60.7 Å². The number of alkyl halides is 9. The van der Waals surface area contributed by atoms with Crippen molar-refractivity contribution in [3.63, 3.8) is 0 Å². The number of carbonyl (C=O) groups is 3. The summed E-state index contributed by atoms with van der Waals surface area (Å²) in [6, 6.07) is 18.0. The quantitative estimate of drug-likeness (QED) is 0.287. The van der Waals surface area contributed by atoms with E-state index in [4.69, 9.17) is 0 Å².